The lowest BCUT2D eigenvalue weighted by molar-refractivity contribution is 0.0755. The van der Waals surface area contributed by atoms with Crippen molar-refractivity contribution < 1.29 is 22.7 Å². The van der Waals surface area contributed by atoms with Crippen molar-refractivity contribution in [3.63, 3.8) is 0 Å². The summed E-state index contributed by atoms with van der Waals surface area (Å²) in [6, 6.07) is 17.1. The van der Waals surface area contributed by atoms with Crippen molar-refractivity contribution in [1.82, 2.24) is 14.9 Å². The third kappa shape index (κ3) is 10.6. The molecule has 2 atom stereocenters. The number of carbonyl (C=O) groups excluding carboxylic acids is 1. The van der Waals surface area contributed by atoms with E-state index >= 15 is 0 Å². The maximum atomic E-state index is 13.9. The second kappa shape index (κ2) is 16.7. The first-order valence-corrected chi connectivity index (χ1v) is 17.0. The van der Waals surface area contributed by atoms with Gasteiger partial charge in [-0.2, -0.15) is 0 Å². The summed E-state index contributed by atoms with van der Waals surface area (Å²) in [4.78, 5) is 14.8. The molecule has 3 aromatic carbocycles. The number of benzene rings is 3. The van der Waals surface area contributed by atoms with E-state index in [4.69, 9.17) is 11.6 Å². The molecular formula is C31H38ClFIN3O4S. The number of aliphatic hydroxyl groups is 1. The highest BCUT2D eigenvalue weighted by atomic mass is 127. The highest BCUT2D eigenvalue weighted by Crippen LogP contribution is 2.19. The standard InChI is InChI=1S/C31H38ClFIN3O4S/c1-3-13-37(14-4-2)31(39)24-8-6-10-28(18-24)42(40,41)36-29(12-11-22-15-25(32)19-26(33)16-22)30(38)21-35-20-23-7-5-9-27(34)17-23/h5-10,15-19,29-30,35-36,38H,3-4,11-14,20-21H2,1-2H3/t29?,30-/m1/s1. The van der Waals surface area contributed by atoms with Crippen molar-refractivity contribution in [3.8, 4) is 0 Å². The smallest absolute Gasteiger partial charge is 0.253 e. The molecule has 11 heteroatoms. The molecule has 0 heterocycles. The number of nitrogens with one attached hydrogen (secondary N) is 2. The molecule has 3 rings (SSSR count). The Balaban J connectivity index is 1.80. The number of rotatable bonds is 16. The summed E-state index contributed by atoms with van der Waals surface area (Å²) < 4.78 is 44.7. The van der Waals surface area contributed by atoms with Gasteiger partial charge in [0.1, 0.15) is 5.82 Å². The van der Waals surface area contributed by atoms with E-state index in [9.17, 15) is 22.7 Å². The number of aryl methyl sites for hydroxylation is 1. The number of hydrogen-bond acceptors (Lipinski definition) is 5. The Morgan fingerprint density at radius 3 is 2.40 bits per heavy atom. The average Bonchev–Trinajstić information content (AvgIpc) is 2.94. The Morgan fingerprint density at radius 1 is 1.02 bits per heavy atom. The monoisotopic (exact) mass is 729 g/mol. The summed E-state index contributed by atoms with van der Waals surface area (Å²) in [6.45, 7) is 5.73. The van der Waals surface area contributed by atoms with Crippen LogP contribution in [0.3, 0.4) is 0 Å². The van der Waals surface area contributed by atoms with Crippen LogP contribution >= 0.6 is 34.2 Å². The molecule has 0 spiro atoms. The van der Waals surface area contributed by atoms with Crippen molar-refractivity contribution in [2.75, 3.05) is 19.6 Å². The maximum absolute atomic E-state index is 13.9. The topological polar surface area (TPSA) is 98.7 Å². The molecular weight excluding hydrogens is 692 g/mol. The predicted octanol–water partition coefficient (Wildman–Crippen LogP) is 5.78. The van der Waals surface area contributed by atoms with Crippen LogP contribution in [0.2, 0.25) is 5.02 Å². The average molecular weight is 730 g/mol. The van der Waals surface area contributed by atoms with Crippen LogP contribution in [-0.4, -0.2) is 56.1 Å². The van der Waals surface area contributed by atoms with E-state index in [0.717, 1.165) is 22.0 Å². The molecule has 0 bridgehead atoms. The fourth-order valence-electron chi connectivity index (χ4n) is 4.66. The van der Waals surface area contributed by atoms with E-state index in [2.05, 4.69) is 32.6 Å². The number of aliphatic hydroxyl groups excluding tert-OH is 1. The molecule has 0 saturated heterocycles. The summed E-state index contributed by atoms with van der Waals surface area (Å²) in [6.07, 6.45) is 0.948. The summed E-state index contributed by atoms with van der Waals surface area (Å²) in [5.74, 6) is -0.717. The van der Waals surface area contributed by atoms with Gasteiger partial charge in [-0.15, -0.1) is 0 Å². The molecule has 3 N–H and O–H groups in total. The summed E-state index contributed by atoms with van der Waals surface area (Å²) in [5.41, 5.74) is 1.90. The van der Waals surface area contributed by atoms with Gasteiger partial charge in [0, 0.05) is 46.4 Å². The molecule has 0 aromatic heterocycles. The van der Waals surface area contributed by atoms with E-state index in [-0.39, 0.29) is 40.8 Å². The molecule has 1 unspecified atom stereocenters. The van der Waals surface area contributed by atoms with Gasteiger partial charge in [0.05, 0.1) is 11.0 Å². The molecule has 0 fully saturated rings. The zero-order valence-corrected chi connectivity index (χ0v) is 27.6. The van der Waals surface area contributed by atoms with Gasteiger partial charge in [0.15, 0.2) is 0 Å². The molecule has 0 aliphatic carbocycles. The summed E-state index contributed by atoms with van der Waals surface area (Å²) in [5, 5.41) is 14.6. The first-order valence-electron chi connectivity index (χ1n) is 14.0. The highest BCUT2D eigenvalue weighted by Gasteiger charge is 2.27. The lowest BCUT2D eigenvalue weighted by atomic mass is 10.0. The van der Waals surface area contributed by atoms with Gasteiger partial charge in [-0.25, -0.2) is 17.5 Å². The molecule has 0 aliphatic rings. The molecule has 0 radical (unpaired) electrons. The Kier molecular flexibility index (Phi) is 13.7. The van der Waals surface area contributed by atoms with Gasteiger partial charge in [-0.3, -0.25) is 4.79 Å². The molecule has 1 amide bonds. The summed E-state index contributed by atoms with van der Waals surface area (Å²) in [7, 11) is -4.12. The zero-order valence-electron chi connectivity index (χ0n) is 23.8. The summed E-state index contributed by atoms with van der Waals surface area (Å²) >= 11 is 8.24. The van der Waals surface area contributed by atoms with Gasteiger partial charge >= 0.3 is 0 Å². The Bertz CT molecular complexity index is 1420. The van der Waals surface area contributed by atoms with Crippen LogP contribution in [0, 0.1) is 9.39 Å². The van der Waals surface area contributed by atoms with Crippen LogP contribution in [0.4, 0.5) is 4.39 Å². The van der Waals surface area contributed by atoms with Gasteiger partial charge in [-0.1, -0.05) is 43.6 Å². The number of hydrogen-bond donors (Lipinski definition) is 3. The molecule has 228 valence electrons. The highest BCUT2D eigenvalue weighted by molar-refractivity contribution is 14.1. The fraction of sp³-hybridized carbons (Fsp3) is 0.387. The minimum absolute atomic E-state index is 0.0703. The second-order valence-electron chi connectivity index (χ2n) is 10.2. The van der Waals surface area contributed by atoms with Crippen LogP contribution in [0.15, 0.2) is 71.6 Å². The van der Waals surface area contributed by atoms with Gasteiger partial charge in [0.25, 0.3) is 5.91 Å². The Morgan fingerprint density at radius 2 is 1.74 bits per heavy atom. The third-order valence-corrected chi connectivity index (χ3v) is 9.05. The number of sulfonamides is 1. The number of nitrogens with zero attached hydrogens (tertiary/aromatic N) is 1. The molecule has 0 saturated carbocycles. The minimum Gasteiger partial charge on any atom is -0.390 e. The third-order valence-electron chi connectivity index (χ3n) is 6.67. The Labute approximate surface area is 267 Å². The van der Waals surface area contributed by atoms with Crippen LogP contribution in [0.5, 0.6) is 0 Å². The van der Waals surface area contributed by atoms with E-state index in [1.54, 1.807) is 23.1 Å². The SMILES string of the molecule is CCCN(CCC)C(=O)c1cccc(S(=O)(=O)NC(CCc2cc(F)cc(Cl)c2)[C@H](O)CNCc2cccc(I)c2)c1. The number of carbonyl (C=O) groups is 1. The first kappa shape index (κ1) is 34.4. The van der Waals surface area contributed by atoms with Crippen molar-refractivity contribution in [3.05, 3.63) is 97.8 Å². The number of halogens is 3. The maximum Gasteiger partial charge on any atom is 0.253 e. The van der Waals surface area contributed by atoms with Gasteiger partial charge in [-0.05, 0) is 108 Å². The molecule has 0 aliphatic heterocycles. The van der Waals surface area contributed by atoms with Crippen molar-refractivity contribution in [2.24, 2.45) is 0 Å². The quantitative estimate of drug-likeness (QED) is 0.163. The first-order chi connectivity index (χ1) is 20.0. The van der Waals surface area contributed by atoms with Crippen molar-refractivity contribution in [1.29, 1.82) is 0 Å². The predicted molar refractivity (Wildman–Crippen MR) is 174 cm³/mol. The zero-order chi connectivity index (χ0) is 30.7. The van der Waals surface area contributed by atoms with Gasteiger partial charge in [0.2, 0.25) is 10.0 Å². The minimum atomic E-state index is -4.12. The van der Waals surface area contributed by atoms with Crippen LogP contribution < -0.4 is 10.0 Å². The van der Waals surface area contributed by atoms with E-state index < -0.39 is 28.0 Å². The molecule has 3 aromatic rings. The van der Waals surface area contributed by atoms with Crippen molar-refractivity contribution in [2.45, 2.75) is 63.1 Å². The van der Waals surface area contributed by atoms with Crippen LogP contribution in [0.25, 0.3) is 0 Å². The van der Waals surface area contributed by atoms with Crippen LogP contribution in [-0.2, 0) is 23.0 Å². The lowest BCUT2D eigenvalue weighted by Crippen LogP contribution is -2.47. The molecule has 7 nitrogen and oxygen atoms in total. The Hall–Kier alpha value is -2.09. The van der Waals surface area contributed by atoms with E-state index in [0.29, 0.717) is 25.2 Å². The van der Waals surface area contributed by atoms with E-state index in [1.807, 2.05) is 38.1 Å². The second-order valence-corrected chi connectivity index (χ2v) is 13.6. The number of amides is 1. The lowest BCUT2D eigenvalue weighted by Gasteiger charge is -2.25. The largest absolute Gasteiger partial charge is 0.390 e. The fourth-order valence-corrected chi connectivity index (χ4v) is 6.86. The molecule has 42 heavy (non-hydrogen) atoms. The van der Waals surface area contributed by atoms with Crippen LogP contribution in [0.1, 0.15) is 54.6 Å². The van der Waals surface area contributed by atoms with E-state index in [1.165, 1.54) is 24.3 Å². The van der Waals surface area contributed by atoms with Crippen molar-refractivity contribution >= 4 is 50.1 Å². The normalized spacial score (nSPS) is 13.1. The van der Waals surface area contributed by atoms with Gasteiger partial charge < -0.3 is 15.3 Å².